The van der Waals surface area contributed by atoms with Crippen molar-refractivity contribution in [1.29, 1.82) is 0 Å². The molecule has 0 bridgehead atoms. The average Bonchev–Trinajstić information content (AvgIpc) is 2.88. The Bertz CT molecular complexity index is 1480. The van der Waals surface area contributed by atoms with Crippen LogP contribution >= 0.6 is 0 Å². The van der Waals surface area contributed by atoms with E-state index in [9.17, 15) is 19.5 Å². The zero-order valence-electron chi connectivity index (χ0n) is 19.8. The number of carbonyl (C=O) groups is 3. The molecule has 1 aromatic heterocycles. The third-order valence-corrected chi connectivity index (χ3v) is 5.51. The zero-order valence-corrected chi connectivity index (χ0v) is 19.8. The lowest BCUT2D eigenvalue weighted by molar-refractivity contribution is 0.0966. The Hall–Kier alpha value is -4.92. The van der Waals surface area contributed by atoms with Crippen LogP contribution < -0.4 is 20.1 Å². The van der Waals surface area contributed by atoms with Crippen molar-refractivity contribution in [2.75, 3.05) is 19.5 Å². The van der Waals surface area contributed by atoms with Crippen molar-refractivity contribution in [3.63, 3.8) is 0 Å². The molecule has 182 valence electrons. The number of benzene rings is 3. The molecule has 4 aromatic rings. The first-order valence-corrected chi connectivity index (χ1v) is 10.9. The fourth-order valence-corrected chi connectivity index (χ4v) is 3.62. The largest absolute Gasteiger partial charge is 0.504 e. The number of aromatic hydroxyl groups is 1. The Morgan fingerprint density at radius 2 is 1.64 bits per heavy atom. The monoisotopic (exact) mass is 485 g/mol. The molecule has 1 heterocycles. The van der Waals surface area contributed by atoms with Gasteiger partial charge < -0.3 is 19.9 Å². The number of hydrogen-bond donors (Lipinski definition) is 3. The number of phenolic OH excluding ortho intramolecular Hbond substituents is 1. The number of anilines is 1. The molecular weight excluding hydrogens is 462 g/mol. The molecule has 0 saturated carbocycles. The summed E-state index contributed by atoms with van der Waals surface area (Å²) in [6.45, 7) is 1.42. The topological polar surface area (TPSA) is 127 Å². The molecule has 0 aliphatic rings. The van der Waals surface area contributed by atoms with Gasteiger partial charge in [0.25, 0.3) is 5.91 Å². The molecule has 0 unspecified atom stereocenters. The normalized spacial score (nSPS) is 10.5. The van der Waals surface area contributed by atoms with Gasteiger partial charge in [-0.05, 0) is 73.7 Å². The van der Waals surface area contributed by atoms with Gasteiger partial charge in [-0.1, -0.05) is 0 Å². The predicted molar refractivity (Wildman–Crippen MR) is 135 cm³/mol. The van der Waals surface area contributed by atoms with Crippen LogP contribution in [0.15, 0.2) is 66.7 Å². The summed E-state index contributed by atoms with van der Waals surface area (Å²) >= 11 is 0. The Balaban J connectivity index is 1.72. The van der Waals surface area contributed by atoms with Crippen LogP contribution in [-0.2, 0) is 0 Å². The van der Waals surface area contributed by atoms with Crippen LogP contribution in [-0.4, -0.2) is 42.0 Å². The summed E-state index contributed by atoms with van der Waals surface area (Å²) in [7, 11) is 2.96. The van der Waals surface area contributed by atoms with Crippen molar-refractivity contribution in [3.8, 4) is 28.5 Å². The lowest BCUT2D eigenvalue weighted by atomic mass is 10.0. The number of nitrogens with one attached hydrogen (secondary N) is 2. The number of rotatable bonds is 6. The average molecular weight is 485 g/mol. The van der Waals surface area contributed by atoms with E-state index in [1.54, 1.807) is 54.6 Å². The summed E-state index contributed by atoms with van der Waals surface area (Å²) in [6, 6.07) is 16.9. The molecule has 0 saturated heterocycles. The van der Waals surface area contributed by atoms with Crippen molar-refractivity contribution in [3.05, 3.63) is 77.9 Å². The molecular formula is C27H23N3O6. The molecule has 0 fully saturated rings. The summed E-state index contributed by atoms with van der Waals surface area (Å²) in [6.07, 6.45) is 0. The first-order valence-electron chi connectivity index (χ1n) is 10.9. The number of amides is 3. The van der Waals surface area contributed by atoms with Crippen LogP contribution in [0.1, 0.15) is 27.6 Å². The number of carbonyl (C=O) groups excluding carboxylic acids is 3. The van der Waals surface area contributed by atoms with Crippen LogP contribution in [0.2, 0.25) is 0 Å². The number of phenols is 1. The maximum atomic E-state index is 13.2. The molecule has 0 radical (unpaired) electrons. The van der Waals surface area contributed by atoms with E-state index in [-0.39, 0.29) is 22.8 Å². The van der Waals surface area contributed by atoms with Gasteiger partial charge in [-0.2, -0.15) is 0 Å². The molecule has 0 aliphatic carbocycles. The summed E-state index contributed by atoms with van der Waals surface area (Å²) in [5.41, 5.74) is 2.47. The molecule has 3 amide bonds. The fraction of sp³-hybridized carbons (Fsp3) is 0.111. The highest BCUT2D eigenvalue weighted by atomic mass is 16.5. The highest BCUT2D eigenvalue weighted by Crippen LogP contribution is 2.32. The van der Waals surface area contributed by atoms with E-state index in [2.05, 4.69) is 15.6 Å². The van der Waals surface area contributed by atoms with Crippen LogP contribution in [0.25, 0.3) is 22.2 Å². The number of nitrogens with zero attached hydrogens (tertiary/aromatic N) is 1. The summed E-state index contributed by atoms with van der Waals surface area (Å²) in [4.78, 5) is 42.4. The Morgan fingerprint density at radius 3 is 2.31 bits per heavy atom. The zero-order chi connectivity index (χ0) is 25.8. The number of imide groups is 1. The number of fused-ring (bicyclic) bond motifs is 1. The van der Waals surface area contributed by atoms with Gasteiger partial charge in [0.05, 0.1) is 31.0 Å². The minimum Gasteiger partial charge on any atom is -0.504 e. The van der Waals surface area contributed by atoms with Gasteiger partial charge in [0.1, 0.15) is 5.75 Å². The van der Waals surface area contributed by atoms with E-state index < -0.39 is 11.9 Å². The predicted octanol–water partition coefficient (Wildman–Crippen LogP) is 4.79. The number of methoxy groups -OCH3 is 2. The van der Waals surface area contributed by atoms with Crippen molar-refractivity contribution < 1.29 is 29.0 Å². The van der Waals surface area contributed by atoms with E-state index in [1.807, 2.05) is 0 Å². The van der Waals surface area contributed by atoms with Gasteiger partial charge in [0, 0.05) is 22.2 Å². The minimum absolute atomic E-state index is 0.0405. The van der Waals surface area contributed by atoms with Crippen molar-refractivity contribution in [2.45, 2.75) is 6.92 Å². The SMILES string of the molecule is COc1ccc(NC(=O)NC(=O)c2cc(-c3ccc(O)c(OC)c3)nc3ccc(C(C)=O)cc23)cc1. The van der Waals surface area contributed by atoms with Crippen molar-refractivity contribution in [2.24, 2.45) is 0 Å². The molecule has 36 heavy (non-hydrogen) atoms. The fourth-order valence-electron chi connectivity index (χ4n) is 3.62. The molecule has 0 spiro atoms. The van der Waals surface area contributed by atoms with Gasteiger partial charge in [0.2, 0.25) is 0 Å². The van der Waals surface area contributed by atoms with Gasteiger partial charge in [-0.3, -0.25) is 14.9 Å². The van der Waals surface area contributed by atoms with Gasteiger partial charge in [0.15, 0.2) is 17.3 Å². The van der Waals surface area contributed by atoms with Gasteiger partial charge in [-0.25, -0.2) is 9.78 Å². The second-order valence-electron chi connectivity index (χ2n) is 7.87. The lowest BCUT2D eigenvalue weighted by Gasteiger charge is -2.12. The lowest BCUT2D eigenvalue weighted by Crippen LogP contribution is -2.34. The van der Waals surface area contributed by atoms with E-state index in [1.165, 1.54) is 33.3 Å². The van der Waals surface area contributed by atoms with Gasteiger partial charge >= 0.3 is 6.03 Å². The number of Topliss-reactive ketones (excluding diaryl/α,β-unsaturated/α-hetero) is 1. The molecule has 4 rings (SSSR count). The first kappa shape index (κ1) is 24.2. The molecule has 3 aromatic carbocycles. The standard InChI is InChI=1S/C27H23N3O6/c1-15(31)16-4-10-22-20(12-16)21(14-23(29-22)17-5-11-24(32)25(13-17)36-3)26(33)30-27(34)28-18-6-8-19(35-2)9-7-18/h4-14,32H,1-3H3,(H2,28,30,33,34). The third kappa shape index (κ3) is 5.10. The van der Waals surface area contributed by atoms with Crippen LogP contribution in [0.3, 0.4) is 0 Å². The quantitative estimate of drug-likeness (QED) is 0.335. The first-order chi connectivity index (χ1) is 17.3. The number of ether oxygens (including phenoxy) is 2. The molecule has 9 heteroatoms. The summed E-state index contributed by atoms with van der Waals surface area (Å²) in [5.74, 6) is -0.0265. The summed E-state index contributed by atoms with van der Waals surface area (Å²) in [5, 5.41) is 15.3. The maximum absolute atomic E-state index is 13.2. The minimum atomic E-state index is -0.731. The van der Waals surface area contributed by atoms with Crippen molar-refractivity contribution >= 4 is 34.3 Å². The highest BCUT2D eigenvalue weighted by Gasteiger charge is 2.18. The second kappa shape index (κ2) is 10.1. The van der Waals surface area contributed by atoms with Crippen LogP contribution in [0, 0.1) is 0 Å². The molecule has 0 atom stereocenters. The molecule has 9 nitrogen and oxygen atoms in total. The number of pyridine rings is 1. The van der Waals surface area contributed by atoms with E-state index in [0.29, 0.717) is 39.2 Å². The number of urea groups is 1. The number of ketones is 1. The van der Waals surface area contributed by atoms with E-state index in [4.69, 9.17) is 9.47 Å². The van der Waals surface area contributed by atoms with Crippen molar-refractivity contribution in [1.82, 2.24) is 10.3 Å². The Morgan fingerprint density at radius 1 is 0.889 bits per heavy atom. The van der Waals surface area contributed by atoms with Crippen LogP contribution in [0.5, 0.6) is 17.2 Å². The Kier molecular flexibility index (Phi) is 6.82. The number of aromatic nitrogens is 1. The Labute approximate surface area is 206 Å². The molecule has 3 N–H and O–H groups in total. The smallest absolute Gasteiger partial charge is 0.326 e. The van der Waals surface area contributed by atoms with E-state index in [0.717, 1.165) is 0 Å². The summed E-state index contributed by atoms with van der Waals surface area (Å²) < 4.78 is 10.3. The van der Waals surface area contributed by atoms with E-state index >= 15 is 0 Å². The third-order valence-electron chi connectivity index (χ3n) is 5.51. The van der Waals surface area contributed by atoms with Crippen LogP contribution in [0.4, 0.5) is 10.5 Å². The second-order valence-corrected chi connectivity index (χ2v) is 7.87. The molecule has 0 aliphatic heterocycles. The number of hydrogen-bond acceptors (Lipinski definition) is 7. The highest BCUT2D eigenvalue weighted by molar-refractivity contribution is 6.15. The van der Waals surface area contributed by atoms with Gasteiger partial charge in [-0.15, -0.1) is 0 Å². The maximum Gasteiger partial charge on any atom is 0.326 e.